The van der Waals surface area contributed by atoms with Gasteiger partial charge in [0.25, 0.3) is 0 Å². The van der Waals surface area contributed by atoms with E-state index in [2.05, 4.69) is 17.9 Å². The summed E-state index contributed by atoms with van der Waals surface area (Å²) in [6.45, 7) is 7.11. The first-order valence-electron chi connectivity index (χ1n) is 7.06. The number of hydrogen-bond acceptors (Lipinski definition) is 2. The van der Waals surface area contributed by atoms with Crippen LogP contribution in [0.5, 0.6) is 0 Å². The lowest BCUT2D eigenvalue weighted by atomic mass is 9.75. The lowest BCUT2D eigenvalue weighted by molar-refractivity contribution is -0.132. The van der Waals surface area contributed by atoms with Gasteiger partial charge in [0.05, 0.1) is 10.6 Å². The molecule has 0 heterocycles. The SMILES string of the molecule is C/C(F)=C\C(C)(S)C(C)NC(=O)C1(C)CCCCC1. The lowest BCUT2D eigenvalue weighted by Crippen LogP contribution is -2.50. The predicted molar refractivity (Wildman–Crippen MR) is 81.1 cm³/mol. The minimum Gasteiger partial charge on any atom is -0.351 e. The Kier molecular flexibility index (Phi) is 5.48. The monoisotopic (exact) mass is 287 g/mol. The third-order valence-electron chi connectivity index (χ3n) is 4.22. The molecule has 110 valence electrons. The van der Waals surface area contributed by atoms with Gasteiger partial charge in [-0.3, -0.25) is 4.79 Å². The molecule has 1 aliphatic carbocycles. The number of nitrogens with one attached hydrogen (secondary N) is 1. The average Bonchev–Trinajstić information content (AvgIpc) is 2.28. The third kappa shape index (κ3) is 4.51. The largest absolute Gasteiger partial charge is 0.351 e. The van der Waals surface area contributed by atoms with E-state index in [0.29, 0.717) is 0 Å². The van der Waals surface area contributed by atoms with Crippen molar-refractivity contribution in [2.45, 2.75) is 70.6 Å². The molecule has 1 saturated carbocycles. The van der Waals surface area contributed by atoms with Crippen LogP contribution in [-0.2, 0) is 4.79 Å². The third-order valence-corrected chi connectivity index (χ3v) is 4.74. The first-order valence-corrected chi connectivity index (χ1v) is 7.50. The minimum atomic E-state index is -0.681. The van der Waals surface area contributed by atoms with E-state index < -0.39 is 4.75 Å². The van der Waals surface area contributed by atoms with Crippen molar-refractivity contribution >= 4 is 18.5 Å². The molecule has 0 radical (unpaired) electrons. The summed E-state index contributed by atoms with van der Waals surface area (Å²) in [7, 11) is 0. The molecule has 2 atom stereocenters. The molecule has 0 aromatic rings. The van der Waals surface area contributed by atoms with Crippen molar-refractivity contribution < 1.29 is 9.18 Å². The fraction of sp³-hybridized carbons (Fsp3) is 0.800. The summed E-state index contributed by atoms with van der Waals surface area (Å²) in [4.78, 5) is 12.4. The molecule has 1 aliphatic rings. The zero-order valence-electron chi connectivity index (χ0n) is 12.4. The lowest BCUT2D eigenvalue weighted by Gasteiger charge is -2.36. The molecular formula is C15H26FNOS. The van der Waals surface area contributed by atoms with E-state index in [1.54, 1.807) is 0 Å². The van der Waals surface area contributed by atoms with Crippen molar-refractivity contribution in [3.8, 4) is 0 Å². The van der Waals surface area contributed by atoms with E-state index in [0.717, 1.165) is 25.7 Å². The van der Waals surface area contributed by atoms with E-state index in [4.69, 9.17) is 0 Å². The fourth-order valence-electron chi connectivity index (χ4n) is 2.60. The Hall–Kier alpha value is -0.510. The molecule has 1 rings (SSSR count). The second-order valence-corrected chi connectivity index (χ2v) is 7.24. The zero-order valence-corrected chi connectivity index (χ0v) is 13.3. The van der Waals surface area contributed by atoms with Crippen LogP contribution >= 0.6 is 12.6 Å². The highest BCUT2D eigenvalue weighted by Gasteiger charge is 2.37. The summed E-state index contributed by atoms with van der Waals surface area (Å²) in [5, 5.41) is 3.01. The van der Waals surface area contributed by atoms with Crippen LogP contribution in [0.4, 0.5) is 4.39 Å². The molecule has 1 N–H and O–H groups in total. The summed E-state index contributed by atoms with van der Waals surface area (Å²) in [5.74, 6) is -0.202. The van der Waals surface area contributed by atoms with Gasteiger partial charge in [-0.15, -0.1) is 0 Å². The summed E-state index contributed by atoms with van der Waals surface area (Å²) in [6.07, 6.45) is 6.76. The number of amides is 1. The van der Waals surface area contributed by atoms with E-state index >= 15 is 0 Å². The maximum absolute atomic E-state index is 13.0. The molecule has 4 heteroatoms. The molecule has 0 aliphatic heterocycles. The minimum absolute atomic E-state index is 0.0740. The Bertz CT molecular complexity index is 355. The summed E-state index contributed by atoms with van der Waals surface area (Å²) < 4.78 is 12.3. The number of carbonyl (C=O) groups excluding carboxylic acids is 1. The van der Waals surface area contributed by atoms with Crippen LogP contribution in [0.3, 0.4) is 0 Å². The zero-order chi connectivity index (χ0) is 14.7. The maximum atomic E-state index is 13.0. The quantitative estimate of drug-likeness (QED) is 0.751. The highest BCUT2D eigenvalue weighted by Crippen LogP contribution is 2.36. The Morgan fingerprint density at radius 2 is 1.95 bits per heavy atom. The van der Waals surface area contributed by atoms with Gasteiger partial charge < -0.3 is 5.32 Å². The molecule has 0 aromatic carbocycles. The number of allylic oxidation sites excluding steroid dienone is 1. The maximum Gasteiger partial charge on any atom is 0.226 e. The number of hydrogen-bond donors (Lipinski definition) is 2. The Balaban J connectivity index is 2.68. The van der Waals surface area contributed by atoms with Crippen molar-refractivity contribution in [1.29, 1.82) is 0 Å². The predicted octanol–water partition coefficient (Wildman–Crippen LogP) is 4.02. The van der Waals surface area contributed by atoms with Crippen LogP contribution in [-0.4, -0.2) is 16.7 Å². The van der Waals surface area contributed by atoms with Crippen molar-refractivity contribution in [3.63, 3.8) is 0 Å². The first kappa shape index (κ1) is 16.5. The van der Waals surface area contributed by atoms with E-state index in [1.165, 1.54) is 19.4 Å². The van der Waals surface area contributed by atoms with E-state index in [-0.39, 0.29) is 23.2 Å². The Labute approximate surface area is 121 Å². The van der Waals surface area contributed by atoms with Crippen LogP contribution in [0.2, 0.25) is 0 Å². The standard InChI is InChI=1S/C15H26FNOS/c1-11(16)10-15(4,19)12(2)17-13(18)14(3)8-6-5-7-9-14/h10,12,19H,5-9H2,1-4H3,(H,17,18)/b11-10+. The van der Waals surface area contributed by atoms with Gasteiger partial charge in [0, 0.05) is 11.5 Å². The van der Waals surface area contributed by atoms with Gasteiger partial charge in [0.15, 0.2) is 0 Å². The van der Waals surface area contributed by atoms with E-state index in [1.807, 2.05) is 20.8 Å². The highest BCUT2D eigenvalue weighted by atomic mass is 32.1. The summed E-state index contributed by atoms with van der Waals surface area (Å²) in [5.41, 5.74) is -0.273. The van der Waals surface area contributed by atoms with Crippen molar-refractivity contribution in [3.05, 3.63) is 11.9 Å². The second kappa shape index (κ2) is 6.29. The van der Waals surface area contributed by atoms with Gasteiger partial charge in [-0.2, -0.15) is 12.6 Å². The molecule has 1 fully saturated rings. The van der Waals surface area contributed by atoms with Gasteiger partial charge in [-0.25, -0.2) is 4.39 Å². The second-order valence-electron chi connectivity index (χ2n) is 6.27. The fourth-order valence-corrected chi connectivity index (χ4v) is 2.85. The van der Waals surface area contributed by atoms with E-state index in [9.17, 15) is 9.18 Å². The van der Waals surface area contributed by atoms with Crippen molar-refractivity contribution in [2.75, 3.05) is 0 Å². The average molecular weight is 287 g/mol. The first-order chi connectivity index (χ1) is 8.67. The van der Waals surface area contributed by atoms with Gasteiger partial charge in [0.1, 0.15) is 0 Å². The van der Waals surface area contributed by atoms with Crippen molar-refractivity contribution in [2.24, 2.45) is 5.41 Å². The van der Waals surface area contributed by atoms with Crippen LogP contribution < -0.4 is 5.32 Å². The van der Waals surface area contributed by atoms with Crippen LogP contribution in [0, 0.1) is 5.41 Å². The molecule has 0 bridgehead atoms. The van der Waals surface area contributed by atoms with Crippen LogP contribution in [0.25, 0.3) is 0 Å². The molecule has 0 saturated heterocycles. The number of halogens is 1. The molecule has 2 unspecified atom stereocenters. The molecule has 0 aromatic heterocycles. The normalized spacial score (nSPS) is 24.4. The topological polar surface area (TPSA) is 29.1 Å². The molecule has 0 spiro atoms. The Morgan fingerprint density at radius 1 is 1.42 bits per heavy atom. The van der Waals surface area contributed by atoms with Gasteiger partial charge in [0.2, 0.25) is 5.91 Å². The molecule has 1 amide bonds. The molecule has 2 nitrogen and oxygen atoms in total. The molecule has 19 heavy (non-hydrogen) atoms. The van der Waals surface area contributed by atoms with Crippen molar-refractivity contribution in [1.82, 2.24) is 5.32 Å². The molecular weight excluding hydrogens is 261 g/mol. The number of thiol groups is 1. The highest BCUT2D eigenvalue weighted by molar-refractivity contribution is 7.82. The summed E-state index contributed by atoms with van der Waals surface area (Å²) >= 11 is 4.46. The Morgan fingerprint density at radius 3 is 2.42 bits per heavy atom. The van der Waals surface area contributed by atoms with Gasteiger partial charge in [-0.05, 0) is 39.7 Å². The smallest absolute Gasteiger partial charge is 0.226 e. The number of carbonyl (C=O) groups is 1. The summed E-state index contributed by atoms with van der Waals surface area (Å²) in [6, 6.07) is -0.215. The van der Waals surface area contributed by atoms with Crippen LogP contribution in [0.15, 0.2) is 11.9 Å². The van der Waals surface area contributed by atoms with Crippen LogP contribution in [0.1, 0.15) is 59.8 Å². The van der Waals surface area contributed by atoms with Gasteiger partial charge in [-0.1, -0.05) is 26.2 Å². The number of rotatable bonds is 4. The van der Waals surface area contributed by atoms with Gasteiger partial charge >= 0.3 is 0 Å².